The number of carbonyl (C=O) groups is 3. The fourth-order valence-electron chi connectivity index (χ4n) is 2.09. The number of carboxylic acids is 1. The van der Waals surface area contributed by atoms with Gasteiger partial charge in [0.1, 0.15) is 6.04 Å². The summed E-state index contributed by atoms with van der Waals surface area (Å²) in [7, 11) is 1.54. The van der Waals surface area contributed by atoms with E-state index in [9.17, 15) is 14.4 Å². The van der Waals surface area contributed by atoms with Crippen molar-refractivity contribution in [1.29, 1.82) is 0 Å². The van der Waals surface area contributed by atoms with Crippen LogP contribution in [0.15, 0.2) is 0 Å². The molecule has 0 aromatic carbocycles. The molecule has 1 rings (SSSR count). The highest BCUT2D eigenvalue weighted by atomic mass is 16.4. The van der Waals surface area contributed by atoms with Crippen LogP contribution < -0.4 is 10.6 Å². The molecule has 0 aliphatic carbocycles. The minimum Gasteiger partial charge on any atom is -0.481 e. The highest BCUT2D eigenvalue weighted by Gasteiger charge is 2.33. The summed E-state index contributed by atoms with van der Waals surface area (Å²) in [5, 5.41) is 14.2. The number of urea groups is 1. The number of hydrogen-bond acceptors (Lipinski definition) is 3. The lowest BCUT2D eigenvalue weighted by molar-refractivity contribution is -0.146. The number of amides is 3. The maximum absolute atomic E-state index is 12.1. The lowest BCUT2D eigenvalue weighted by atomic mass is 9.94. The second-order valence-electron chi connectivity index (χ2n) is 5.67. The zero-order valence-electron chi connectivity index (χ0n) is 12.2. The normalized spacial score (nSPS) is 19.4. The molecule has 0 spiro atoms. The van der Waals surface area contributed by atoms with Crippen LogP contribution in [0, 0.1) is 5.41 Å². The zero-order valence-corrected chi connectivity index (χ0v) is 12.2. The Hall–Kier alpha value is -1.79. The largest absolute Gasteiger partial charge is 0.481 e. The fraction of sp³-hybridized carbons (Fsp3) is 0.769. The summed E-state index contributed by atoms with van der Waals surface area (Å²) in [6.45, 7) is 3.62. The average Bonchev–Trinajstić information content (AvgIpc) is 2.43. The molecule has 7 heteroatoms. The third-order valence-corrected chi connectivity index (χ3v) is 3.57. The van der Waals surface area contributed by atoms with Crippen molar-refractivity contribution in [2.45, 2.75) is 39.2 Å². The third kappa shape index (κ3) is 3.85. The minimum atomic E-state index is -1.03. The van der Waals surface area contributed by atoms with Gasteiger partial charge >= 0.3 is 12.0 Å². The van der Waals surface area contributed by atoms with E-state index in [1.807, 2.05) is 0 Å². The molecule has 20 heavy (non-hydrogen) atoms. The molecule has 3 N–H and O–H groups in total. The van der Waals surface area contributed by atoms with Gasteiger partial charge in [-0.05, 0) is 33.1 Å². The zero-order chi connectivity index (χ0) is 15.3. The first-order valence-corrected chi connectivity index (χ1v) is 6.79. The number of rotatable bonds is 4. The van der Waals surface area contributed by atoms with E-state index < -0.39 is 17.4 Å². The molecule has 0 aromatic heterocycles. The molecule has 114 valence electrons. The summed E-state index contributed by atoms with van der Waals surface area (Å²) in [5.41, 5.74) is -1.03. The molecule has 1 atom stereocenters. The van der Waals surface area contributed by atoms with Gasteiger partial charge in [-0.3, -0.25) is 9.59 Å². The summed E-state index contributed by atoms with van der Waals surface area (Å²) in [6.07, 6.45) is 2.39. The van der Waals surface area contributed by atoms with Crippen LogP contribution in [-0.4, -0.2) is 54.1 Å². The summed E-state index contributed by atoms with van der Waals surface area (Å²) in [5.74, 6) is -1.16. The maximum atomic E-state index is 12.1. The summed E-state index contributed by atoms with van der Waals surface area (Å²) in [4.78, 5) is 36.4. The van der Waals surface area contributed by atoms with Gasteiger partial charge in [-0.2, -0.15) is 0 Å². The quantitative estimate of drug-likeness (QED) is 0.696. The van der Waals surface area contributed by atoms with Gasteiger partial charge in [0.2, 0.25) is 5.91 Å². The highest BCUT2D eigenvalue weighted by Crippen LogP contribution is 2.18. The van der Waals surface area contributed by atoms with E-state index in [4.69, 9.17) is 5.11 Å². The Labute approximate surface area is 118 Å². The van der Waals surface area contributed by atoms with E-state index in [1.165, 1.54) is 4.90 Å². The predicted molar refractivity (Wildman–Crippen MR) is 73.2 cm³/mol. The molecule has 1 unspecified atom stereocenters. The molecule has 0 saturated carbocycles. The van der Waals surface area contributed by atoms with Gasteiger partial charge in [0, 0.05) is 20.1 Å². The van der Waals surface area contributed by atoms with Gasteiger partial charge in [0.25, 0.3) is 0 Å². The van der Waals surface area contributed by atoms with E-state index in [0.717, 1.165) is 12.8 Å². The van der Waals surface area contributed by atoms with Crippen molar-refractivity contribution >= 4 is 17.9 Å². The fourth-order valence-corrected chi connectivity index (χ4v) is 2.09. The van der Waals surface area contributed by atoms with E-state index in [0.29, 0.717) is 13.0 Å². The van der Waals surface area contributed by atoms with Gasteiger partial charge in [-0.1, -0.05) is 0 Å². The van der Waals surface area contributed by atoms with Gasteiger partial charge < -0.3 is 20.6 Å². The highest BCUT2D eigenvalue weighted by molar-refractivity contribution is 5.87. The van der Waals surface area contributed by atoms with Gasteiger partial charge in [-0.25, -0.2) is 4.79 Å². The van der Waals surface area contributed by atoms with E-state index in [2.05, 4.69) is 10.6 Å². The van der Waals surface area contributed by atoms with Crippen molar-refractivity contribution in [2.24, 2.45) is 5.41 Å². The topological polar surface area (TPSA) is 98.7 Å². The number of hydrogen-bond donors (Lipinski definition) is 3. The SMILES string of the molecule is CNC(=O)C1CCCCN1C(=O)NCC(C)(C)C(=O)O. The Kier molecular flexibility index (Phi) is 5.35. The van der Waals surface area contributed by atoms with Crippen LogP contribution in [0.2, 0.25) is 0 Å². The lowest BCUT2D eigenvalue weighted by Gasteiger charge is -2.35. The number of nitrogens with one attached hydrogen (secondary N) is 2. The number of likely N-dealkylation sites (tertiary alicyclic amines) is 1. The maximum Gasteiger partial charge on any atom is 0.318 e. The number of nitrogens with zero attached hydrogens (tertiary/aromatic N) is 1. The van der Waals surface area contributed by atoms with Crippen molar-refractivity contribution < 1.29 is 19.5 Å². The first kappa shape index (κ1) is 16.3. The molecular weight excluding hydrogens is 262 g/mol. The molecule has 1 fully saturated rings. The Balaban J connectivity index is 2.64. The first-order chi connectivity index (χ1) is 9.29. The molecule has 3 amide bonds. The van der Waals surface area contributed by atoms with Gasteiger partial charge in [0.05, 0.1) is 5.41 Å². The monoisotopic (exact) mass is 285 g/mol. The van der Waals surface area contributed by atoms with Crippen molar-refractivity contribution in [3.8, 4) is 0 Å². The predicted octanol–water partition coefficient (Wildman–Crippen LogP) is 0.407. The number of aliphatic carboxylic acids is 1. The lowest BCUT2D eigenvalue weighted by Crippen LogP contribution is -2.55. The van der Waals surface area contributed by atoms with Crippen molar-refractivity contribution in [2.75, 3.05) is 20.1 Å². The summed E-state index contributed by atoms with van der Waals surface area (Å²) >= 11 is 0. The minimum absolute atomic E-state index is 0.0259. The Morgan fingerprint density at radius 3 is 2.50 bits per heavy atom. The number of piperidine rings is 1. The van der Waals surface area contributed by atoms with Crippen LogP contribution in [0.1, 0.15) is 33.1 Å². The molecule has 1 saturated heterocycles. The Morgan fingerprint density at radius 2 is 1.95 bits per heavy atom. The van der Waals surface area contributed by atoms with Gasteiger partial charge in [-0.15, -0.1) is 0 Å². The Bertz CT molecular complexity index is 395. The van der Waals surface area contributed by atoms with Crippen molar-refractivity contribution in [3.05, 3.63) is 0 Å². The van der Waals surface area contributed by atoms with Crippen LogP contribution in [-0.2, 0) is 9.59 Å². The average molecular weight is 285 g/mol. The number of carboxylic acid groups (broad SMARTS) is 1. The third-order valence-electron chi connectivity index (χ3n) is 3.57. The molecule has 1 aliphatic heterocycles. The summed E-state index contributed by atoms with van der Waals surface area (Å²) in [6, 6.07) is -0.852. The van der Waals surface area contributed by atoms with Crippen LogP contribution in [0.5, 0.6) is 0 Å². The number of likely N-dealkylation sites (N-methyl/N-ethyl adjacent to an activating group) is 1. The number of carbonyl (C=O) groups excluding carboxylic acids is 2. The molecule has 0 radical (unpaired) electrons. The Morgan fingerprint density at radius 1 is 1.30 bits per heavy atom. The first-order valence-electron chi connectivity index (χ1n) is 6.79. The van der Waals surface area contributed by atoms with Crippen LogP contribution in [0.3, 0.4) is 0 Å². The molecular formula is C13H23N3O4. The van der Waals surface area contributed by atoms with E-state index in [-0.39, 0.29) is 18.5 Å². The standard InChI is InChI=1S/C13H23N3O4/c1-13(2,11(18)19)8-15-12(20)16-7-5-4-6-9(16)10(17)14-3/h9H,4-8H2,1-3H3,(H,14,17)(H,15,20)(H,18,19). The van der Waals surface area contributed by atoms with E-state index >= 15 is 0 Å². The van der Waals surface area contributed by atoms with Crippen LogP contribution >= 0.6 is 0 Å². The molecule has 0 bridgehead atoms. The molecule has 1 aliphatic rings. The van der Waals surface area contributed by atoms with Crippen LogP contribution in [0.4, 0.5) is 4.79 Å². The second kappa shape index (κ2) is 6.58. The van der Waals surface area contributed by atoms with Crippen molar-refractivity contribution in [1.82, 2.24) is 15.5 Å². The van der Waals surface area contributed by atoms with Crippen LogP contribution in [0.25, 0.3) is 0 Å². The van der Waals surface area contributed by atoms with E-state index in [1.54, 1.807) is 20.9 Å². The molecule has 0 aromatic rings. The van der Waals surface area contributed by atoms with Crippen molar-refractivity contribution in [3.63, 3.8) is 0 Å². The summed E-state index contributed by atoms with van der Waals surface area (Å²) < 4.78 is 0. The van der Waals surface area contributed by atoms with Gasteiger partial charge in [0.15, 0.2) is 0 Å². The second-order valence-corrected chi connectivity index (χ2v) is 5.67. The smallest absolute Gasteiger partial charge is 0.318 e. The molecule has 7 nitrogen and oxygen atoms in total. The molecule has 1 heterocycles.